The molecule has 0 spiro atoms. The predicted molar refractivity (Wildman–Crippen MR) is 96.6 cm³/mol. The lowest BCUT2D eigenvalue weighted by molar-refractivity contribution is 0.102. The van der Waals surface area contributed by atoms with Crippen molar-refractivity contribution in [2.24, 2.45) is 0 Å². The van der Waals surface area contributed by atoms with Gasteiger partial charge in [-0.05, 0) is 61.9 Å². The van der Waals surface area contributed by atoms with Gasteiger partial charge in [0.25, 0.3) is 5.91 Å². The Balaban J connectivity index is 1.57. The molecule has 4 rings (SSSR count). The minimum absolute atomic E-state index is 0.125. The number of amides is 1. The van der Waals surface area contributed by atoms with Crippen LogP contribution in [0.5, 0.6) is 5.75 Å². The van der Waals surface area contributed by atoms with Crippen LogP contribution in [0.3, 0.4) is 0 Å². The van der Waals surface area contributed by atoms with E-state index in [0.29, 0.717) is 12.2 Å². The number of ether oxygens (including phenoxy) is 1. The van der Waals surface area contributed by atoms with E-state index >= 15 is 0 Å². The van der Waals surface area contributed by atoms with Crippen molar-refractivity contribution < 1.29 is 9.53 Å². The molecule has 126 valence electrons. The third kappa shape index (κ3) is 3.01. The van der Waals surface area contributed by atoms with Crippen LogP contribution < -0.4 is 10.1 Å². The van der Waals surface area contributed by atoms with Gasteiger partial charge in [0.2, 0.25) is 0 Å². The number of nitrogens with one attached hydrogen (secondary N) is 1. The third-order valence-electron chi connectivity index (χ3n) is 4.31. The fourth-order valence-electron chi connectivity index (χ4n) is 3.14. The topological polar surface area (TPSA) is 56.2 Å². The molecule has 0 saturated heterocycles. The number of nitrogens with zero attached hydrogens (tertiary/aromatic N) is 2. The van der Waals surface area contributed by atoms with Crippen molar-refractivity contribution in [1.82, 2.24) is 9.78 Å². The second kappa shape index (κ2) is 6.09. The van der Waals surface area contributed by atoms with Crippen molar-refractivity contribution in [3.8, 4) is 11.4 Å². The molecule has 25 heavy (non-hydrogen) atoms. The fraction of sp³-hybridized carbons (Fsp3) is 0.200. The van der Waals surface area contributed by atoms with Crippen molar-refractivity contribution in [3.05, 3.63) is 71.0 Å². The number of anilines is 1. The van der Waals surface area contributed by atoms with Crippen LogP contribution in [-0.4, -0.2) is 22.3 Å². The van der Waals surface area contributed by atoms with E-state index in [1.165, 1.54) is 0 Å². The van der Waals surface area contributed by atoms with E-state index in [2.05, 4.69) is 10.4 Å². The van der Waals surface area contributed by atoms with Crippen LogP contribution in [0.1, 0.15) is 27.3 Å². The van der Waals surface area contributed by atoms with E-state index in [9.17, 15) is 4.79 Å². The first-order chi connectivity index (χ1) is 12.1. The van der Waals surface area contributed by atoms with Gasteiger partial charge < -0.3 is 10.1 Å². The van der Waals surface area contributed by atoms with Gasteiger partial charge in [-0.3, -0.25) is 4.79 Å². The van der Waals surface area contributed by atoms with Crippen LogP contribution in [0.15, 0.2) is 48.5 Å². The molecule has 0 fully saturated rings. The Hall–Kier alpha value is -3.08. The molecule has 3 aromatic rings. The maximum atomic E-state index is 12.6. The summed E-state index contributed by atoms with van der Waals surface area (Å²) in [5.74, 6) is 0.753. The van der Waals surface area contributed by atoms with Crippen LogP contribution >= 0.6 is 0 Å². The van der Waals surface area contributed by atoms with Crippen molar-refractivity contribution >= 4 is 11.6 Å². The Morgan fingerprint density at radius 1 is 1.16 bits per heavy atom. The molecule has 2 heterocycles. The van der Waals surface area contributed by atoms with Crippen molar-refractivity contribution in [3.63, 3.8) is 0 Å². The van der Waals surface area contributed by atoms with Gasteiger partial charge in [0.05, 0.1) is 18.0 Å². The second-order valence-electron chi connectivity index (χ2n) is 6.26. The molecule has 1 aliphatic rings. The van der Waals surface area contributed by atoms with Gasteiger partial charge in [-0.25, -0.2) is 4.68 Å². The molecule has 2 aromatic carbocycles. The van der Waals surface area contributed by atoms with E-state index in [0.717, 1.165) is 40.5 Å². The Kier molecular flexibility index (Phi) is 3.76. The molecule has 0 radical (unpaired) electrons. The van der Waals surface area contributed by atoms with E-state index in [-0.39, 0.29) is 5.91 Å². The molecule has 0 atom stereocenters. The average molecular weight is 333 g/mol. The minimum atomic E-state index is -0.125. The smallest absolute Gasteiger partial charge is 0.255 e. The maximum absolute atomic E-state index is 12.6. The summed E-state index contributed by atoms with van der Waals surface area (Å²) in [6.45, 7) is 4.66. The zero-order valence-electron chi connectivity index (χ0n) is 14.2. The van der Waals surface area contributed by atoms with Crippen molar-refractivity contribution in [2.45, 2.75) is 20.3 Å². The van der Waals surface area contributed by atoms with Crippen LogP contribution in [0.25, 0.3) is 5.69 Å². The predicted octanol–water partition coefficient (Wildman–Crippen LogP) is 3.68. The highest BCUT2D eigenvalue weighted by Crippen LogP contribution is 2.26. The second-order valence-corrected chi connectivity index (χ2v) is 6.26. The Labute approximate surface area is 146 Å². The normalized spacial score (nSPS) is 12.6. The lowest BCUT2D eigenvalue weighted by atomic mass is 10.1. The summed E-state index contributed by atoms with van der Waals surface area (Å²) in [6, 6.07) is 15.3. The number of hydrogen-bond donors (Lipinski definition) is 1. The summed E-state index contributed by atoms with van der Waals surface area (Å²) >= 11 is 0. The minimum Gasteiger partial charge on any atom is -0.493 e. The summed E-state index contributed by atoms with van der Waals surface area (Å²) in [6.07, 6.45) is 0.851. The van der Waals surface area contributed by atoms with Gasteiger partial charge in [0.15, 0.2) is 0 Å². The monoisotopic (exact) mass is 333 g/mol. The van der Waals surface area contributed by atoms with Gasteiger partial charge in [0.1, 0.15) is 5.75 Å². The van der Waals surface area contributed by atoms with Crippen molar-refractivity contribution in [2.75, 3.05) is 11.9 Å². The first-order valence-corrected chi connectivity index (χ1v) is 8.31. The van der Waals surface area contributed by atoms with Crippen LogP contribution in [0.4, 0.5) is 5.69 Å². The molecule has 5 heteroatoms. The summed E-state index contributed by atoms with van der Waals surface area (Å²) in [7, 11) is 0. The van der Waals surface area contributed by atoms with Gasteiger partial charge in [-0.2, -0.15) is 5.10 Å². The fourth-order valence-corrected chi connectivity index (χ4v) is 3.14. The highest BCUT2D eigenvalue weighted by atomic mass is 16.5. The zero-order valence-corrected chi connectivity index (χ0v) is 14.2. The van der Waals surface area contributed by atoms with E-state index in [4.69, 9.17) is 4.74 Å². The summed E-state index contributed by atoms with van der Waals surface area (Å²) < 4.78 is 7.36. The summed E-state index contributed by atoms with van der Waals surface area (Å²) in [4.78, 5) is 12.6. The molecule has 1 aliphatic heterocycles. The molecule has 1 amide bonds. The molecule has 0 saturated carbocycles. The van der Waals surface area contributed by atoms with Crippen LogP contribution in [-0.2, 0) is 6.42 Å². The molecule has 1 aromatic heterocycles. The van der Waals surface area contributed by atoms with Crippen molar-refractivity contribution in [1.29, 1.82) is 0 Å². The Morgan fingerprint density at radius 2 is 2.04 bits per heavy atom. The number of fused-ring (bicyclic) bond motifs is 1. The third-order valence-corrected chi connectivity index (χ3v) is 4.31. The molecular formula is C20H19N3O2. The summed E-state index contributed by atoms with van der Waals surface area (Å²) in [5, 5.41) is 7.45. The van der Waals surface area contributed by atoms with Crippen LogP contribution in [0.2, 0.25) is 0 Å². The molecule has 1 N–H and O–H groups in total. The molecule has 5 nitrogen and oxygen atoms in total. The number of aromatic nitrogens is 2. The zero-order chi connectivity index (χ0) is 17.4. The number of benzene rings is 2. The quantitative estimate of drug-likeness (QED) is 0.795. The molecule has 0 aliphatic carbocycles. The van der Waals surface area contributed by atoms with Crippen LogP contribution in [0, 0.1) is 13.8 Å². The first kappa shape index (κ1) is 15.4. The first-order valence-electron chi connectivity index (χ1n) is 8.31. The maximum Gasteiger partial charge on any atom is 0.255 e. The Morgan fingerprint density at radius 3 is 2.84 bits per heavy atom. The number of carbonyl (C=O) groups excluding carboxylic acids is 1. The lowest BCUT2D eigenvalue weighted by Crippen LogP contribution is -2.12. The number of carbonyl (C=O) groups is 1. The summed E-state index contributed by atoms with van der Waals surface area (Å²) in [5.41, 5.74) is 5.41. The molecular weight excluding hydrogens is 314 g/mol. The van der Waals surface area contributed by atoms with E-state index < -0.39 is 0 Å². The number of hydrogen-bond acceptors (Lipinski definition) is 3. The van der Waals surface area contributed by atoms with Gasteiger partial charge in [0, 0.05) is 23.4 Å². The van der Waals surface area contributed by atoms with E-state index in [1.807, 2.05) is 61.0 Å². The standard InChI is InChI=1S/C20H19N3O2/c1-13-10-14(2)23(22-13)18-5-3-4-17(12-18)21-20(24)16-6-7-19-15(11-16)8-9-25-19/h3-7,10-12H,8-9H2,1-2H3,(H,21,24). The number of aryl methyl sites for hydroxylation is 2. The van der Waals surface area contributed by atoms with Gasteiger partial charge in [-0.1, -0.05) is 6.07 Å². The molecule has 0 unspecified atom stereocenters. The van der Waals surface area contributed by atoms with E-state index in [1.54, 1.807) is 6.07 Å². The van der Waals surface area contributed by atoms with Gasteiger partial charge in [-0.15, -0.1) is 0 Å². The highest BCUT2D eigenvalue weighted by Gasteiger charge is 2.15. The lowest BCUT2D eigenvalue weighted by Gasteiger charge is -2.09. The van der Waals surface area contributed by atoms with Gasteiger partial charge >= 0.3 is 0 Å². The largest absolute Gasteiger partial charge is 0.493 e. The number of rotatable bonds is 3. The Bertz CT molecular complexity index is 959. The highest BCUT2D eigenvalue weighted by molar-refractivity contribution is 6.04. The molecule has 0 bridgehead atoms. The SMILES string of the molecule is Cc1cc(C)n(-c2cccc(NC(=O)c3ccc4c(c3)CCO4)c2)n1. The average Bonchev–Trinajstić information content (AvgIpc) is 3.20.